The first-order chi connectivity index (χ1) is 12.3. The summed E-state index contributed by atoms with van der Waals surface area (Å²) in [5, 5.41) is 26.6. The zero-order chi connectivity index (χ0) is 19.1. The Bertz CT molecular complexity index is 798. The number of anilines is 1. The number of nitrogens with two attached hydrogens (primary N) is 1. The minimum absolute atomic E-state index is 0.0925. The number of carbonyl (C=O) groups is 3. The smallest absolute Gasteiger partial charge is 0.338 e. The molecule has 3 rings (SSSR count). The molecule has 1 aromatic rings. The van der Waals surface area contributed by atoms with Gasteiger partial charge in [-0.2, -0.15) is 0 Å². The molecule has 0 bridgehead atoms. The number of thioether (sulfide) groups is 1. The van der Waals surface area contributed by atoms with Crippen LogP contribution < -0.4 is 11.1 Å². The first kappa shape index (κ1) is 18.4. The number of hydrogen-bond acceptors (Lipinski definition) is 10. The van der Waals surface area contributed by atoms with Gasteiger partial charge in [-0.3, -0.25) is 9.59 Å². The van der Waals surface area contributed by atoms with Crippen LogP contribution in [0.1, 0.15) is 5.69 Å². The number of thiazole rings is 1. The average molecular weight is 401 g/mol. The van der Waals surface area contributed by atoms with E-state index in [0.717, 1.165) is 23.1 Å². The van der Waals surface area contributed by atoms with E-state index >= 15 is 0 Å². The number of β-lactam (4-membered cyclic amide) rings is 1. The van der Waals surface area contributed by atoms with Gasteiger partial charge in [0.1, 0.15) is 24.2 Å². The topological polar surface area (TPSA) is 167 Å². The molecular formula is C13H15N5O6S2. The van der Waals surface area contributed by atoms with Crippen molar-refractivity contribution < 1.29 is 29.4 Å². The number of carboxylic acids is 1. The molecule has 2 saturated heterocycles. The molecule has 3 atom stereocenters. The highest BCUT2D eigenvalue weighted by Gasteiger charge is 2.57. The second kappa shape index (κ2) is 6.74. The van der Waals surface area contributed by atoms with Crippen LogP contribution in [-0.2, 0) is 19.2 Å². The summed E-state index contributed by atoms with van der Waals surface area (Å²) in [6.07, 6.45) is 0. The van der Waals surface area contributed by atoms with Crippen LogP contribution in [0, 0.1) is 0 Å². The number of aliphatic carboxylic acids is 1. The van der Waals surface area contributed by atoms with Gasteiger partial charge in [0, 0.05) is 11.1 Å². The second-order valence-electron chi connectivity index (χ2n) is 5.65. The quantitative estimate of drug-likeness (QED) is 0.255. The highest BCUT2D eigenvalue weighted by atomic mass is 32.2. The lowest BCUT2D eigenvalue weighted by atomic mass is 9.99. The molecule has 1 aromatic heterocycles. The van der Waals surface area contributed by atoms with E-state index in [-0.39, 0.29) is 28.8 Å². The number of nitrogens with zero attached hydrogens (tertiary/aromatic N) is 3. The predicted octanol–water partition coefficient (Wildman–Crippen LogP) is -1.71. The summed E-state index contributed by atoms with van der Waals surface area (Å²) < 4.78 is 0. The van der Waals surface area contributed by atoms with Crippen molar-refractivity contribution in [3.8, 4) is 0 Å². The number of carbonyl (C=O) groups excluding carboxylic acids is 2. The van der Waals surface area contributed by atoms with Gasteiger partial charge in [-0.05, 0) is 0 Å². The monoisotopic (exact) mass is 401 g/mol. The number of nitrogen functional groups attached to an aromatic ring is 1. The van der Waals surface area contributed by atoms with Crippen molar-refractivity contribution in [2.24, 2.45) is 5.16 Å². The fourth-order valence-electron chi connectivity index (χ4n) is 2.59. The number of hydrogen-bond donors (Lipinski definition) is 4. The lowest BCUT2D eigenvalue weighted by Gasteiger charge is -2.52. The molecular weight excluding hydrogens is 386 g/mol. The van der Waals surface area contributed by atoms with E-state index in [2.05, 4.69) is 20.3 Å². The number of rotatable bonds is 5. The fraction of sp³-hybridized carbons (Fsp3) is 0.462. The van der Waals surface area contributed by atoms with Crippen molar-refractivity contribution in [1.29, 1.82) is 0 Å². The SMILES string of the molecule is CON=C(C(=O)NC1C(=O)N2CC(O)(C(=O)O)CS[C@H]12)c1csc(N)n1. The maximum atomic E-state index is 12.5. The van der Waals surface area contributed by atoms with Gasteiger partial charge in [0.25, 0.3) is 5.91 Å². The Morgan fingerprint density at radius 3 is 2.88 bits per heavy atom. The predicted molar refractivity (Wildman–Crippen MR) is 92.5 cm³/mol. The molecule has 0 spiro atoms. The summed E-state index contributed by atoms with van der Waals surface area (Å²) in [6.45, 7) is -0.327. The average Bonchev–Trinajstić information content (AvgIpc) is 3.03. The number of amides is 2. The Hall–Kier alpha value is -2.38. The molecule has 140 valence electrons. The molecule has 11 nitrogen and oxygen atoms in total. The third-order valence-corrected chi connectivity index (χ3v) is 6.10. The van der Waals surface area contributed by atoms with E-state index in [1.807, 2.05) is 0 Å². The third kappa shape index (κ3) is 3.08. The van der Waals surface area contributed by atoms with Crippen LogP contribution in [0.5, 0.6) is 0 Å². The summed E-state index contributed by atoms with van der Waals surface area (Å²) in [6, 6.07) is -0.858. The fourth-order valence-corrected chi connectivity index (χ4v) is 4.54. The van der Waals surface area contributed by atoms with Gasteiger partial charge in [-0.15, -0.1) is 23.1 Å². The van der Waals surface area contributed by atoms with Crippen LogP contribution in [0.25, 0.3) is 0 Å². The number of fused-ring (bicyclic) bond motifs is 1. The largest absolute Gasteiger partial charge is 0.479 e. The highest BCUT2D eigenvalue weighted by Crippen LogP contribution is 2.38. The Labute approximate surface area is 155 Å². The first-order valence-corrected chi connectivity index (χ1v) is 9.21. The summed E-state index contributed by atoms with van der Waals surface area (Å²) >= 11 is 2.21. The molecule has 26 heavy (non-hydrogen) atoms. The van der Waals surface area contributed by atoms with E-state index in [1.54, 1.807) is 0 Å². The van der Waals surface area contributed by atoms with Gasteiger partial charge in [-0.25, -0.2) is 9.78 Å². The highest BCUT2D eigenvalue weighted by molar-refractivity contribution is 8.00. The van der Waals surface area contributed by atoms with Crippen LogP contribution in [0.15, 0.2) is 10.5 Å². The summed E-state index contributed by atoms with van der Waals surface area (Å²) in [5.74, 6) is -2.64. The van der Waals surface area contributed by atoms with Crippen molar-refractivity contribution in [3.05, 3.63) is 11.1 Å². The van der Waals surface area contributed by atoms with Crippen molar-refractivity contribution in [1.82, 2.24) is 15.2 Å². The van der Waals surface area contributed by atoms with Crippen LogP contribution >= 0.6 is 23.1 Å². The molecule has 2 unspecified atom stereocenters. The molecule has 2 fully saturated rings. The normalized spacial score (nSPS) is 28.2. The van der Waals surface area contributed by atoms with E-state index in [4.69, 9.17) is 10.8 Å². The Morgan fingerprint density at radius 1 is 1.58 bits per heavy atom. The molecule has 0 saturated carbocycles. The Morgan fingerprint density at radius 2 is 2.31 bits per heavy atom. The molecule has 5 N–H and O–H groups in total. The van der Waals surface area contributed by atoms with Crippen LogP contribution in [0.2, 0.25) is 0 Å². The Balaban J connectivity index is 1.70. The van der Waals surface area contributed by atoms with Gasteiger partial charge >= 0.3 is 5.97 Å². The maximum absolute atomic E-state index is 12.5. The molecule has 0 aromatic carbocycles. The number of aromatic nitrogens is 1. The van der Waals surface area contributed by atoms with Gasteiger partial charge in [0.15, 0.2) is 16.4 Å². The molecule has 13 heteroatoms. The van der Waals surface area contributed by atoms with Gasteiger partial charge < -0.3 is 31.0 Å². The lowest BCUT2D eigenvalue weighted by Crippen LogP contribution is -2.75. The van der Waals surface area contributed by atoms with Gasteiger partial charge in [0.05, 0.1) is 6.54 Å². The van der Waals surface area contributed by atoms with Gasteiger partial charge in [0.2, 0.25) is 5.91 Å². The zero-order valence-electron chi connectivity index (χ0n) is 13.4. The van der Waals surface area contributed by atoms with E-state index < -0.39 is 34.8 Å². The van der Waals surface area contributed by atoms with Crippen LogP contribution in [0.3, 0.4) is 0 Å². The minimum Gasteiger partial charge on any atom is -0.479 e. The second-order valence-corrected chi connectivity index (χ2v) is 7.64. The van der Waals surface area contributed by atoms with Crippen molar-refractivity contribution in [2.75, 3.05) is 25.1 Å². The third-order valence-electron chi connectivity index (χ3n) is 3.91. The summed E-state index contributed by atoms with van der Waals surface area (Å²) in [7, 11) is 1.27. The zero-order valence-corrected chi connectivity index (χ0v) is 15.0. The van der Waals surface area contributed by atoms with Crippen LogP contribution in [-0.4, -0.2) is 80.0 Å². The van der Waals surface area contributed by atoms with Gasteiger partial charge in [-0.1, -0.05) is 5.16 Å². The van der Waals surface area contributed by atoms with Crippen LogP contribution in [0.4, 0.5) is 5.13 Å². The van der Waals surface area contributed by atoms with E-state index in [1.165, 1.54) is 17.4 Å². The number of oxime groups is 1. The first-order valence-electron chi connectivity index (χ1n) is 7.28. The van der Waals surface area contributed by atoms with E-state index in [0.29, 0.717) is 0 Å². The summed E-state index contributed by atoms with van der Waals surface area (Å²) in [4.78, 5) is 45.7. The molecule has 0 aliphatic carbocycles. The van der Waals surface area contributed by atoms with Crippen molar-refractivity contribution in [2.45, 2.75) is 17.0 Å². The maximum Gasteiger partial charge on any atom is 0.338 e. The molecule has 2 amide bonds. The molecule has 2 aliphatic rings. The van der Waals surface area contributed by atoms with Crippen molar-refractivity contribution in [3.63, 3.8) is 0 Å². The standard InChI is InChI=1S/C13H15N5O6S2/c1-24-17-6(5-2-25-12(14)15-5)8(19)16-7-9(20)18-3-13(23,11(21)22)4-26-10(7)18/h2,7,10,23H,3-4H2,1H3,(H2,14,15)(H,16,19)(H,21,22)/t7?,10-,13?/m1/s1. The minimum atomic E-state index is -1.99. The summed E-state index contributed by atoms with van der Waals surface area (Å²) in [5.41, 5.74) is 3.65. The molecule has 0 radical (unpaired) electrons. The van der Waals surface area contributed by atoms with Crippen molar-refractivity contribution >= 4 is 51.7 Å². The Kier molecular flexibility index (Phi) is 4.77. The number of nitrogens with one attached hydrogen (secondary N) is 1. The molecule has 2 aliphatic heterocycles. The number of carboxylic acid groups (broad SMARTS) is 1. The van der Waals surface area contributed by atoms with E-state index in [9.17, 15) is 19.5 Å². The molecule has 3 heterocycles. The lowest BCUT2D eigenvalue weighted by molar-refractivity contribution is -0.166. The number of aliphatic hydroxyl groups is 1.